The lowest BCUT2D eigenvalue weighted by Gasteiger charge is -2.04. The number of hydrogen-bond donors (Lipinski definition) is 2. The van der Waals surface area contributed by atoms with E-state index in [2.05, 4.69) is 29.1 Å². The first-order valence-corrected chi connectivity index (χ1v) is 5.10. The van der Waals surface area contributed by atoms with Crippen molar-refractivity contribution >= 4 is 0 Å². The molecule has 1 saturated heterocycles. The van der Waals surface area contributed by atoms with Gasteiger partial charge in [0.15, 0.2) is 0 Å². The highest BCUT2D eigenvalue weighted by atomic mass is 15.0. The average Bonchev–Trinajstić information content (AvgIpc) is 2.71. The molecule has 0 spiro atoms. The highest BCUT2D eigenvalue weighted by molar-refractivity contribution is 5.15. The first-order valence-electron chi connectivity index (χ1n) is 5.10. The first kappa shape index (κ1) is 8.75. The van der Waals surface area contributed by atoms with Crippen LogP contribution in [0.25, 0.3) is 0 Å². The van der Waals surface area contributed by atoms with E-state index in [0.717, 1.165) is 18.8 Å². The Bertz CT molecular complexity index is 284. The molecule has 1 aromatic heterocycles. The van der Waals surface area contributed by atoms with Gasteiger partial charge in [-0.2, -0.15) is 0 Å². The minimum atomic E-state index is 0.471. The maximum Gasteiger partial charge on any atom is 0.123 e. The van der Waals surface area contributed by atoms with E-state index in [9.17, 15) is 0 Å². The molecular weight excluding hydrogens is 162 g/mol. The molecule has 3 heteroatoms. The number of aryl methyl sites for hydroxylation is 2. The van der Waals surface area contributed by atoms with Gasteiger partial charge in [0, 0.05) is 5.69 Å². The Labute approximate surface area is 79.0 Å². The van der Waals surface area contributed by atoms with Gasteiger partial charge in [-0.3, -0.25) is 0 Å². The van der Waals surface area contributed by atoms with Crippen LogP contribution in [0.2, 0.25) is 0 Å². The van der Waals surface area contributed by atoms with Crippen molar-refractivity contribution in [3.05, 3.63) is 17.2 Å². The fraction of sp³-hybridized carbons (Fsp3) is 0.700. The Kier molecular flexibility index (Phi) is 2.36. The molecule has 2 heterocycles. The van der Waals surface area contributed by atoms with Gasteiger partial charge in [0.1, 0.15) is 5.82 Å². The summed E-state index contributed by atoms with van der Waals surface area (Å²) in [4.78, 5) is 7.96. The minimum absolute atomic E-state index is 0.471. The molecule has 1 aromatic rings. The summed E-state index contributed by atoms with van der Waals surface area (Å²) < 4.78 is 0. The van der Waals surface area contributed by atoms with Crippen LogP contribution in [0.3, 0.4) is 0 Å². The summed E-state index contributed by atoms with van der Waals surface area (Å²) >= 11 is 0. The van der Waals surface area contributed by atoms with Gasteiger partial charge in [0.05, 0.1) is 11.7 Å². The molecule has 0 radical (unpaired) electrons. The average molecular weight is 179 g/mol. The molecule has 1 unspecified atom stereocenters. The fourth-order valence-corrected chi connectivity index (χ4v) is 1.95. The highest BCUT2D eigenvalue weighted by Gasteiger charge is 2.19. The van der Waals surface area contributed by atoms with Gasteiger partial charge in [-0.25, -0.2) is 4.98 Å². The van der Waals surface area contributed by atoms with Crippen molar-refractivity contribution in [2.75, 3.05) is 6.54 Å². The molecule has 1 aliphatic heterocycles. The Morgan fingerprint density at radius 1 is 1.54 bits per heavy atom. The predicted octanol–water partition coefficient (Wildman–Crippen LogP) is 1.71. The summed E-state index contributed by atoms with van der Waals surface area (Å²) in [7, 11) is 0. The zero-order chi connectivity index (χ0) is 9.26. The van der Waals surface area contributed by atoms with Gasteiger partial charge in [0.2, 0.25) is 0 Å². The second-order valence-electron chi connectivity index (χ2n) is 3.70. The van der Waals surface area contributed by atoms with Crippen molar-refractivity contribution in [1.82, 2.24) is 15.3 Å². The lowest BCUT2D eigenvalue weighted by molar-refractivity contribution is 0.610. The third-order valence-corrected chi connectivity index (χ3v) is 2.73. The van der Waals surface area contributed by atoms with Crippen LogP contribution < -0.4 is 5.32 Å². The molecule has 72 valence electrons. The third-order valence-electron chi connectivity index (χ3n) is 2.73. The van der Waals surface area contributed by atoms with Crippen molar-refractivity contribution in [2.24, 2.45) is 0 Å². The van der Waals surface area contributed by atoms with E-state index in [1.807, 2.05) is 0 Å². The molecule has 0 saturated carbocycles. The van der Waals surface area contributed by atoms with Crippen LogP contribution >= 0.6 is 0 Å². The van der Waals surface area contributed by atoms with Crippen molar-refractivity contribution < 1.29 is 0 Å². The van der Waals surface area contributed by atoms with E-state index >= 15 is 0 Å². The summed E-state index contributed by atoms with van der Waals surface area (Å²) in [5.74, 6) is 1.13. The SMILES string of the molecule is CCc1nc(C2CCCN2)[nH]c1C. The third kappa shape index (κ3) is 1.61. The van der Waals surface area contributed by atoms with Crippen LogP contribution in [-0.2, 0) is 6.42 Å². The van der Waals surface area contributed by atoms with E-state index in [1.165, 1.54) is 24.2 Å². The van der Waals surface area contributed by atoms with Crippen LogP contribution in [0.5, 0.6) is 0 Å². The normalized spacial score (nSPS) is 22.5. The lowest BCUT2D eigenvalue weighted by Crippen LogP contribution is -2.14. The van der Waals surface area contributed by atoms with E-state index in [1.54, 1.807) is 0 Å². The highest BCUT2D eigenvalue weighted by Crippen LogP contribution is 2.21. The Morgan fingerprint density at radius 2 is 2.38 bits per heavy atom. The molecule has 0 aromatic carbocycles. The van der Waals surface area contributed by atoms with Crippen LogP contribution in [-0.4, -0.2) is 16.5 Å². The van der Waals surface area contributed by atoms with E-state index in [-0.39, 0.29) is 0 Å². The molecule has 2 rings (SSSR count). The molecule has 0 aliphatic carbocycles. The molecule has 1 aliphatic rings. The lowest BCUT2D eigenvalue weighted by atomic mass is 10.2. The maximum absolute atomic E-state index is 4.59. The second-order valence-corrected chi connectivity index (χ2v) is 3.70. The van der Waals surface area contributed by atoms with Crippen molar-refractivity contribution in [1.29, 1.82) is 0 Å². The maximum atomic E-state index is 4.59. The number of nitrogens with one attached hydrogen (secondary N) is 2. The standard InChI is InChI=1S/C10H17N3/c1-3-8-7(2)12-10(13-8)9-5-4-6-11-9/h9,11H,3-6H2,1-2H3,(H,12,13). The molecule has 13 heavy (non-hydrogen) atoms. The van der Waals surface area contributed by atoms with Crippen LogP contribution in [0, 0.1) is 6.92 Å². The number of rotatable bonds is 2. The number of aromatic nitrogens is 2. The minimum Gasteiger partial charge on any atom is -0.345 e. The summed E-state index contributed by atoms with van der Waals surface area (Å²) in [6.45, 7) is 5.38. The molecule has 0 bridgehead atoms. The van der Waals surface area contributed by atoms with E-state index < -0.39 is 0 Å². The summed E-state index contributed by atoms with van der Waals surface area (Å²) in [5, 5.41) is 3.44. The van der Waals surface area contributed by atoms with Gasteiger partial charge < -0.3 is 10.3 Å². The molecule has 1 atom stereocenters. The number of nitrogens with zero attached hydrogens (tertiary/aromatic N) is 1. The second kappa shape index (κ2) is 3.50. The summed E-state index contributed by atoms with van der Waals surface area (Å²) in [6, 6.07) is 0.471. The van der Waals surface area contributed by atoms with Gasteiger partial charge in [-0.1, -0.05) is 6.92 Å². The summed E-state index contributed by atoms with van der Waals surface area (Å²) in [5.41, 5.74) is 2.44. The largest absolute Gasteiger partial charge is 0.345 e. The fourth-order valence-electron chi connectivity index (χ4n) is 1.95. The molecule has 2 N–H and O–H groups in total. The number of imidazole rings is 1. The van der Waals surface area contributed by atoms with Gasteiger partial charge in [-0.05, 0) is 32.7 Å². The smallest absolute Gasteiger partial charge is 0.123 e. The van der Waals surface area contributed by atoms with E-state index in [4.69, 9.17) is 0 Å². The summed E-state index contributed by atoms with van der Waals surface area (Å²) in [6.07, 6.45) is 3.51. The first-order chi connectivity index (χ1) is 6.31. The molecule has 1 fully saturated rings. The molecule has 3 nitrogen and oxygen atoms in total. The van der Waals surface area contributed by atoms with Crippen LogP contribution in [0.1, 0.15) is 43.0 Å². The topological polar surface area (TPSA) is 40.7 Å². The van der Waals surface area contributed by atoms with Gasteiger partial charge in [0.25, 0.3) is 0 Å². The zero-order valence-electron chi connectivity index (χ0n) is 8.35. The van der Waals surface area contributed by atoms with Crippen molar-refractivity contribution in [3.63, 3.8) is 0 Å². The quantitative estimate of drug-likeness (QED) is 0.725. The number of aromatic amines is 1. The van der Waals surface area contributed by atoms with Gasteiger partial charge in [-0.15, -0.1) is 0 Å². The number of H-pyrrole nitrogens is 1. The zero-order valence-corrected chi connectivity index (χ0v) is 8.35. The van der Waals surface area contributed by atoms with E-state index in [0.29, 0.717) is 6.04 Å². The molecular formula is C10H17N3. The van der Waals surface area contributed by atoms with Gasteiger partial charge >= 0.3 is 0 Å². The Hall–Kier alpha value is -0.830. The predicted molar refractivity (Wildman–Crippen MR) is 52.7 cm³/mol. The molecule has 0 amide bonds. The van der Waals surface area contributed by atoms with Crippen LogP contribution in [0.15, 0.2) is 0 Å². The van der Waals surface area contributed by atoms with Crippen LogP contribution in [0.4, 0.5) is 0 Å². The van der Waals surface area contributed by atoms with Crippen molar-refractivity contribution in [2.45, 2.75) is 39.2 Å². The Morgan fingerprint density at radius 3 is 2.92 bits per heavy atom. The number of hydrogen-bond acceptors (Lipinski definition) is 2. The Balaban J connectivity index is 2.20. The van der Waals surface area contributed by atoms with Crippen molar-refractivity contribution in [3.8, 4) is 0 Å². The monoisotopic (exact) mass is 179 g/mol.